The monoisotopic (exact) mass is 268 g/mol. The van der Waals surface area contributed by atoms with Crippen LogP contribution in [0.1, 0.15) is 32.8 Å². The van der Waals surface area contributed by atoms with Gasteiger partial charge in [0.25, 0.3) is 0 Å². The van der Waals surface area contributed by atoms with Crippen molar-refractivity contribution in [2.24, 2.45) is 11.7 Å². The minimum Gasteiger partial charge on any atom is -0.375 e. The number of hydrogen-bond acceptors (Lipinski definition) is 2. The first-order valence-corrected chi connectivity index (χ1v) is 7.03. The average molecular weight is 269 g/mol. The summed E-state index contributed by atoms with van der Waals surface area (Å²) in [5.41, 5.74) is 8.11. The highest BCUT2D eigenvalue weighted by Crippen LogP contribution is 2.24. The summed E-state index contributed by atoms with van der Waals surface area (Å²) < 4.78 is 0. The van der Waals surface area contributed by atoms with E-state index in [1.807, 2.05) is 13.0 Å². The molecule has 1 unspecified atom stereocenters. The van der Waals surface area contributed by atoms with Gasteiger partial charge in [0.2, 0.25) is 0 Å². The Morgan fingerprint density at radius 3 is 2.44 bits per heavy atom. The molecule has 0 saturated carbocycles. The third-order valence-electron chi connectivity index (χ3n) is 3.06. The zero-order valence-electron chi connectivity index (χ0n) is 11.9. The Labute approximate surface area is 116 Å². The second kappa shape index (κ2) is 7.01. The third-order valence-corrected chi connectivity index (χ3v) is 3.41. The molecule has 1 rings (SSSR count). The van der Waals surface area contributed by atoms with Gasteiger partial charge in [-0.25, -0.2) is 0 Å². The Bertz CT molecular complexity index is 375. The zero-order chi connectivity index (χ0) is 13.7. The summed E-state index contributed by atoms with van der Waals surface area (Å²) in [6.45, 7) is 7.54. The second-order valence-corrected chi connectivity index (χ2v) is 5.97. The zero-order valence-corrected chi connectivity index (χ0v) is 12.7. The molecule has 18 heavy (non-hydrogen) atoms. The molecule has 0 aliphatic heterocycles. The molecule has 0 saturated heterocycles. The van der Waals surface area contributed by atoms with Crippen molar-refractivity contribution in [1.82, 2.24) is 0 Å². The molecule has 0 amide bonds. The third kappa shape index (κ3) is 4.87. The van der Waals surface area contributed by atoms with Crippen molar-refractivity contribution >= 4 is 17.3 Å². The van der Waals surface area contributed by atoms with Gasteiger partial charge in [-0.1, -0.05) is 31.5 Å². The van der Waals surface area contributed by atoms with Crippen LogP contribution in [0.4, 0.5) is 5.69 Å². The number of nitrogens with two attached hydrogens (primary N) is 1. The molecule has 1 aromatic carbocycles. The van der Waals surface area contributed by atoms with Crippen LogP contribution in [0.15, 0.2) is 18.2 Å². The van der Waals surface area contributed by atoms with Crippen LogP contribution in [0.3, 0.4) is 0 Å². The first-order chi connectivity index (χ1) is 8.40. The van der Waals surface area contributed by atoms with Crippen LogP contribution in [-0.4, -0.2) is 19.6 Å². The van der Waals surface area contributed by atoms with Crippen LogP contribution in [-0.2, 0) is 6.42 Å². The van der Waals surface area contributed by atoms with Crippen LogP contribution in [0, 0.1) is 5.92 Å². The normalized spacial score (nSPS) is 12.8. The molecule has 0 bridgehead atoms. The van der Waals surface area contributed by atoms with E-state index in [4.69, 9.17) is 17.3 Å². The van der Waals surface area contributed by atoms with E-state index >= 15 is 0 Å². The number of benzene rings is 1. The lowest BCUT2D eigenvalue weighted by molar-refractivity contribution is 0.585. The van der Waals surface area contributed by atoms with Crippen LogP contribution in [0.5, 0.6) is 0 Å². The topological polar surface area (TPSA) is 29.3 Å². The van der Waals surface area contributed by atoms with Crippen molar-refractivity contribution in [3.05, 3.63) is 28.8 Å². The summed E-state index contributed by atoms with van der Waals surface area (Å²) in [4.78, 5) is 2.25. The quantitative estimate of drug-likeness (QED) is 0.852. The lowest BCUT2D eigenvalue weighted by Crippen LogP contribution is -2.20. The van der Waals surface area contributed by atoms with Crippen molar-refractivity contribution in [3.63, 3.8) is 0 Å². The number of rotatable bonds is 6. The summed E-state index contributed by atoms with van der Waals surface area (Å²) in [5, 5.41) is 0.821. The molecule has 3 heteroatoms. The molecule has 0 aromatic heterocycles. The molecule has 2 N–H and O–H groups in total. The second-order valence-electron chi connectivity index (χ2n) is 5.56. The predicted octanol–water partition coefficient (Wildman–Crippen LogP) is 3.71. The number of nitrogens with zero attached hydrogens (tertiary/aromatic N) is 1. The standard InChI is InChI=1S/C15H25ClN2/c1-11(2)7-8-18(4)14-6-5-13(9-12(3)17)15(16)10-14/h5-6,10-12H,7-9,17H2,1-4H3. The number of halogens is 1. The molecular weight excluding hydrogens is 244 g/mol. The maximum absolute atomic E-state index is 6.30. The first-order valence-electron chi connectivity index (χ1n) is 6.65. The van der Waals surface area contributed by atoms with Gasteiger partial charge in [0, 0.05) is 30.3 Å². The maximum Gasteiger partial charge on any atom is 0.0459 e. The van der Waals surface area contributed by atoms with E-state index < -0.39 is 0 Å². The van der Waals surface area contributed by atoms with E-state index in [2.05, 4.69) is 37.9 Å². The smallest absolute Gasteiger partial charge is 0.0459 e. The van der Waals surface area contributed by atoms with Crippen molar-refractivity contribution in [2.75, 3.05) is 18.5 Å². The van der Waals surface area contributed by atoms with Crippen LogP contribution < -0.4 is 10.6 Å². The van der Waals surface area contributed by atoms with Gasteiger partial charge in [0.05, 0.1) is 0 Å². The minimum absolute atomic E-state index is 0.145. The van der Waals surface area contributed by atoms with Gasteiger partial charge in [-0.15, -0.1) is 0 Å². The van der Waals surface area contributed by atoms with Crippen molar-refractivity contribution < 1.29 is 0 Å². The predicted molar refractivity (Wildman–Crippen MR) is 81.5 cm³/mol. The lowest BCUT2D eigenvalue weighted by Gasteiger charge is -2.21. The van der Waals surface area contributed by atoms with Crippen LogP contribution >= 0.6 is 11.6 Å². The van der Waals surface area contributed by atoms with E-state index in [0.29, 0.717) is 0 Å². The van der Waals surface area contributed by atoms with Gasteiger partial charge in [-0.05, 0) is 43.4 Å². The molecule has 0 fully saturated rings. The molecule has 1 aromatic rings. The Morgan fingerprint density at radius 2 is 1.94 bits per heavy atom. The number of hydrogen-bond donors (Lipinski definition) is 1. The SMILES string of the molecule is CC(C)CCN(C)c1ccc(CC(C)N)c(Cl)c1. The Hall–Kier alpha value is -0.730. The summed E-state index contributed by atoms with van der Waals surface area (Å²) in [6, 6.07) is 6.41. The molecule has 102 valence electrons. The largest absolute Gasteiger partial charge is 0.375 e. The Morgan fingerprint density at radius 1 is 1.28 bits per heavy atom. The molecule has 1 atom stereocenters. The van der Waals surface area contributed by atoms with Gasteiger partial charge in [0.15, 0.2) is 0 Å². The summed E-state index contributed by atoms with van der Waals surface area (Å²) >= 11 is 6.30. The van der Waals surface area contributed by atoms with E-state index in [9.17, 15) is 0 Å². The number of anilines is 1. The van der Waals surface area contributed by atoms with Crippen molar-refractivity contribution in [3.8, 4) is 0 Å². The summed E-state index contributed by atoms with van der Waals surface area (Å²) in [6.07, 6.45) is 2.02. The highest BCUT2D eigenvalue weighted by molar-refractivity contribution is 6.31. The average Bonchev–Trinajstić information content (AvgIpc) is 2.28. The van der Waals surface area contributed by atoms with Crippen LogP contribution in [0.2, 0.25) is 5.02 Å². The Balaban J connectivity index is 2.71. The molecule has 0 heterocycles. The minimum atomic E-state index is 0.145. The molecule has 0 radical (unpaired) electrons. The van der Waals surface area contributed by atoms with Gasteiger partial charge in [-0.2, -0.15) is 0 Å². The lowest BCUT2D eigenvalue weighted by atomic mass is 10.1. The van der Waals surface area contributed by atoms with Crippen LogP contribution in [0.25, 0.3) is 0 Å². The van der Waals surface area contributed by atoms with Gasteiger partial charge >= 0.3 is 0 Å². The maximum atomic E-state index is 6.30. The van der Waals surface area contributed by atoms with E-state index in [-0.39, 0.29) is 6.04 Å². The van der Waals surface area contributed by atoms with E-state index in [0.717, 1.165) is 29.5 Å². The summed E-state index contributed by atoms with van der Waals surface area (Å²) in [5.74, 6) is 0.722. The fraction of sp³-hybridized carbons (Fsp3) is 0.600. The van der Waals surface area contributed by atoms with E-state index in [1.165, 1.54) is 12.1 Å². The van der Waals surface area contributed by atoms with Crippen molar-refractivity contribution in [1.29, 1.82) is 0 Å². The molecular formula is C15H25ClN2. The highest BCUT2D eigenvalue weighted by atomic mass is 35.5. The fourth-order valence-corrected chi connectivity index (χ4v) is 2.12. The first kappa shape index (κ1) is 15.3. The molecule has 0 aliphatic rings. The van der Waals surface area contributed by atoms with Crippen molar-refractivity contribution in [2.45, 2.75) is 39.7 Å². The fourth-order valence-electron chi connectivity index (χ4n) is 1.87. The van der Waals surface area contributed by atoms with Gasteiger partial charge in [-0.3, -0.25) is 0 Å². The van der Waals surface area contributed by atoms with Gasteiger partial charge < -0.3 is 10.6 Å². The molecule has 2 nitrogen and oxygen atoms in total. The van der Waals surface area contributed by atoms with Gasteiger partial charge in [0.1, 0.15) is 0 Å². The molecule has 0 aliphatic carbocycles. The van der Waals surface area contributed by atoms with E-state index in [1.54, 1.807) is 0 Å². The Kier molecular flexibility index (Phi) is 5.97. The summed E-state index contributed by atoms with van der Waals surface area (Å²) in [7, 11) is 2.11. The molecule has 0 spiro atoms. The highest BCUT2D eigenvalue weighted by Gasteiger charge is 2.07.